The number of nitrogens with zero attached hydrogens (tertiary/aromatic N) is 2. The summed E-state index contributed by atoms with van der Waals surface area (Å²) in [6.45, 7) is 3.57. The van der Waals surface area contributed by atoms with E-state index in [1.54, 1.807) is 12.1 Å². The summed E-state index contributed by atoms with van der Waals surface area (Å²) in [5.41, 5.74) is 17.1. The number of aliphatic carboxylic acids is 2. The minimum atomic E-state index is -1.13. The first-order valence-electron chi connectivity index (χ1n) is 18.4. The van der Waals surface area contributed by atoms with Crippen LogP contribution in [-0.2, 0) is 45.5 Å². The molecule has 322 valence electrons. The Bertz CT molecular complexity index is 2020. The van der Waals surface area contributed by atoms with Crippen molar-refractivity contribution in [1.29, 1.82) is 0 Å². The van der Waals surface area contributed by atoms with Crippen molar-refractivity contribution in [2.75, 3.05) is 26.3 Å². The molecule has 0 spiro atoms. The van der Waals surface area contributed by atoms with Gasteiger partial charge in [-0.3, -0.25) is 19.2 Å². The van der Waals surface area contributed by atoms with E-state index in [0.717, 1.165) is 33.4 Å². The lowest BCUT2D eigenvalue weighted by molar-refractivity contribution is -0.140. The number of pyridine rings is 2. The Labute approximate surface area is 361 Å². The van der Waals surface area contributed by atoms with Crippen LogP contribution in [0, 0.1) is 13.8 Å². The molecule has 10 N–H and O–H groups in total. The fraction of sp³-hybridized carbons (Fsp3) is 0.350. The monoisotopic (exact) mass is 960 g/mol. The van der Waals surface area contributed by atoms with E-state index in [9.17, 15) is 29.4 Å². The van der Waals surface area contributed by atoms with Crippen LogP contribution < -0.4 is 41.0 Å². The molecule has 4 aromatic rings. The van der Waals surface area contributed by atoms with E-state index in [1.165, 1.54) is 0 Å². The van der Waals surface area contributed by atoms with Crippen molar-refractivity contribution in [2.45, 2.75) is 65.2 Å². The number of nitrogens with two attached hydrogens (primary N) is 2. The van der Waals surface area contributed by atoms with Crippen LogP contribution in [0.5, 0.6) is 23.5 Å². The lowest BCUT2D eigenvalue weighted by Gasteiger charge is -2.18. The predicted octanol–water partition coefficient (Wildman–Crippen LogP) is 3.02. The van der Waals surface area contributed by atoms with Gasteiger partial charge in [0.2, 0.25) is 23.5 Å². The number of ether oxygens (including phenoxy) is 4. The Balaban J connectivity index is 1.50. The van der Waals surface area contributed by atoms with Gasteiger partial charge < -0.3 is 61.5 Å². The number of hydrogen-bond donors (Lipinski definition) is 8. The number of carboxylic acid groups (broad SMARTS) is 2. The Hall–Kier alpha value is -5.38. The van der Waals surface area contributed by atoms with Crippen molar-refractivity contribution in [1.82, 2.24) is 20.6 Å². The highest BCUT2D eigenvalue weighted by molar-refractivity contribution is 9.10. The minimum Gasteiger partial charge on any atom is -0.481 e. The van der Waals surface area contributed by atoms with Crippen molar-refractivity contribution in [2.24, 2.45) is 11.5 Å². The summed E-state index contributed by atoms with van der Waals surface area (Å²) in [6, 6.07) is 15.1. The molecule has 18 nitrogen and oxygen atoms in total. The number of carbonyl (C=O) groups excluding carboxylic acids is 2. The van der Waals surface area contributed by atoms with Crippen LogP contribution in [0.2, 0.25) is 0 Å². The number of rotatable bonds is 25. The summed E-state index contributed by atoms with van der Waals surface area (Å²) in [4.78, 5) is 53.7. The smallest absolute Gasteiger partial charge is 0.306 e. The average molecular weight is 963 g/mol. The fourth-order valence-corrected chi connectivity index (χ4v) is 6.78. The van der Waals surface area contributed by atoms with Crippen LogP contribution in [0.4, 0.5) is 0 Å². The number of nitrogens with one attached hydrogen (secondary N) is 2. The largest absolute Gasteiger partial charge is 0.481 e. The van der Waals surface area contributed by atoms with Crippen molar-refractivity contribution in [3.8, 4) is 34.6 Å². The number of halogens is 2. The molecule has 2 heterocycles. The lowest BCUT2D eigenvalue weighted by atomic mass is 9.92. The van der Waals surface area contributed by atoms with E-state index < -0.39 is 62.0 Å². The van der Waals surface area contributed by atoms with E-state index in [2.05, 4.69) is 52.5 Å². The molecule has 0 radical (unpaired) electrons. The Morgan fingerprint density at radius 2 is 1.02 bits per heavy atom. The lowest BCUT2D eigenvalue weighted by Crippen LogP contribution is -2.29. The highest BCUT2D eigenvalue weighted by Gasteiger charge is 2.19. The number of primary amides is 2. The third kappa shape index (κ3) is 14.4. The normalized spacial score (nSPS) is 12.0. The quantitative estimate of drug-likeness (QED) is 0.0474. The molecule has 0 aliphatic rings. The molecule has 60 heavy (non-hydrogen) atoms. The molecular formula is C40H46Br2N6O12. The van der Waals surface area contributed by atoms with Gasteiger partial charge in [-0.05, 0) is 91.2 Å². The van der Waals surface area contributed by atoms with Crippen molar-refractivity contribution in [3.63, 3.8) is 0 Å². The predicted molar refractivity (Wildman–Crippen MR) is 223 cm³/mol. The summed E-state index contributed by atoms with van der Waals surface area (Å²) < 4.78 is 24.4. The van der Waals surface area contributed by atoms with Gasteiger partial charge >= 0.3 is 11.9 Å². The van der Waals surface area contributed by atoms with E-state index in [4.69, 9.17) is 40.6 Å². The van der Waals surface area contributed by atoms with Gasteiger partial charge in [-0.1, -0.05) is 36.4 Å². The average Bonchev–Trinajstić information content (AvgIpc) is 3.16. The highest BCUT2D eigenvalue weighted by Crippen LogP contribution is 2.35. The number of hydrogen-bond acceptors (Lipinski definition) is 14. The van der Waals surface area contributed by atoms with Gasteiger partial charge in [0.1, 0.15) is 13.2 Å². The molecule has 0 fully saturated rings. The van der Waals surface area contributed by atoms with Crippen molar-refractivity contribution in [3.05, 3.63) is 90.9 Å². The van der Waals surface area contributed by atoms with E-state index >= 15 is 0 Å². The van der Waals surface area contributed by atoms with Crippen LogP contribution in [0.3, 0.4) is 0 Å². The first kappa shape index (κ1) is 47.3. The third-order valence-electron chi connectivity index (χ3n) is 8.79. The molecule has 2 atom stereocenters. The van der Waals surface area contributed by atoms with Gasteiger partial charge in [-0.15, -0.1) is 0 Å². The summed E-state index contributed by atoms with van der Waals surface area (Å²) >= 11 is 6.98. The molecule has 0 aliphatic heterocycles. The van der Waals surface area contributed by atoms with E-state index in [-0.39, 0.29) is 62.9 Å². The SMILES string of the molecule is Cc1c(COc2nc(OCC(N)=O)c(CNC[C@@H](O)CC(=O)O)cc2Br)cccc1-c1cccc(COc2nc(OCC(N)=O)c(CNC[C@@H](O)CC(=O)O)cc2Br)c1C. The van der Waals surface area contributed by atoms with Crippen molar-refractivity contribution >= 4 is 55.6 Å². The molecule has 0 unspecified atom stereocenters. The molecular weight excluding hydrogens is 916 g/mol. The third-order valence-corrected chi connectivity index (χ3v) is 9.93. The first-order valence-corrected chi connectivity index (χ1v) is 20.0. The summed E-state index contributed by atoms with van der Waals surface area (Å²) in [5.74, 6) is -3.17. The highest BCUT2D eigenvalue weighted by atomic mass is 79.9. The summed E-state index contributed by atoms with van der Waals surface area (Å²) in [7, 11) is 0. The number of amides is 2. The Kier molecular flexibility index (Phi) is 18.0. The maximum Gasteiger partial charge on any atom is 0.306 e. The summed E-state index contributed by atoms with van der Waals surface area (Å²) in [5, 5.41) is 43.5. The number of carboxylic acids is 2. The first-order chi connectivity index (χ1) is 28.5. The van der Waals surface area contributed by atoms with Crippen LogP contribution in [0.15, 0.2) is 57.5 Å². The maximum absolute atomic E-state index is 11.5. The van der Waals surface area contributed by atoms with Crippen LogP contribution in [0.1, 0.15) is 46.2 Å². The number of aromatic nitrogens is 2. The standard InChI is InChI=1S/C40H46Br2N6O12/c1-21-23(17-57-39-31(41)9-25(37(47-39)59-19-33(43)51)13-45-15-27(49)11-35(53)54)5-3-7-29(21)30-8-4-6-24(22(30)2)18-58-40-32(42)10-26(38(48-40)60-20-34(44)52)14-46-16-28(50)12-36(55)56/h3-10,27-28,45-46,49-50H,11-20H2,1-2H3,(H2,43,51)(H2,44,52)(H,53,54)(H,55,56)/t27-,28-/m0/s1. The zero-order valence-electron chi connectivity index (χ0n) is 32.7. The van der Waals surface area contributed by atoms with Crippen LogP contribution in [0.25, 0.3) is 11.1 Å². The second-order valence-electron chi connectivity index (χ2n) is 13.5. The van der Waals surface area contributed by atoms with Gasteiger partial charge in [-0.2, -0.15) is 9.97 Å². The number of aliphatic hydroxyl groups is 2. The fourth-order valence-electron chi connectivity index (χ4n) is 5.82. The summed E-state index contributed by atoms with van der Waals surface area (Å²) in [6.07, 6.45) is -3.07. The molecule has 0 bridgehead atoms. The molecule has 4 rings (SSSR count). The van der Waals surface area contributed by atoms with E-state index in [1.807, 2.05) is 50.2 Å². The number of carbonyl (C=O) groups is 4. The number of benzene rings is 2. The second kappa shape index (κ2) is 22.8. The van der Waals surface area contributed by atoms with Gasteiger partial charge in [0.25, 0.3) is 11.8 Å². The second-order valence-corrected chi connectivity index (χ2v) is 15.2. The molecule has 2 aromatic heterocycles. The number of aliphatic hydroxyl groups excluding tert-OH is 2. The van der Waals surface area contributed by atoms with Crippen LogP contribution in [-0.4, -0.2) is 92.7 Å². The Morgan fingerprint density at radius 3 is 1.37 bits per heavy atom. The van der Waals surface area contributed by atoms with Crippen LogP contribution >= 0.6 is 31.9 Å². The molecule has 2 amide bonds. The molecule has 2 aromatic carbocycles. The molecule has 0 aliphatic carbocycles. The van der Waals surface area contributed by atoms with Gasteiger partial charge in [0.05, 0.1) is 34.0 Å². The molecule has 20 heteroatoms. The van der Waals surface area contributed by atoms with Gasteiger partial charge in [0, 0.05) is 37.3 Å². The maximum atomic E-state index is 11.5. The van der Waals surface area contributed by atoms with Gasteiger partial charge in [-0.25, -0.2) is 0 Å². The molecule has 0 saturated carbocycles. The molecule has 0 saturated heterocycles. The zero-order chi connectivity index (χ0) is 43.9. The van der Waals surface area contributed by atoms with Gasteiger partial charge in [0.15, 0.2) is 13.2 Å². The topological polar surface area (TPSA) is 288 Å². The Morgan fingerprint density at radius 1 is 0.633 bits per heavy atom. The zero-order valence-corrected chi connectivity index (χ0v) is 35.9. The van der Waals surface area contributed by atoms with Crippen molar-refractivity contribution < 1.29 is 58.6 Å². The van der Waals surface area contributed by atoms with E-state index in [0.29, 0.717) is 20.1 Å². The minimum absolute atomic E-state index is 0.00620.